The fourth-order valence-corrected chi connectivity index (χ4v) is 3.74. The summed E-state index contributed by atoms with van der Waals surface area (Å²) >= 11 is 9.20. The molecule has 0 aliphatic carbocycles. The van der Waals surface area contributed by atoms with Gasteiger partial charge in [0.1, 0.15) is 0 Å². The highest BCUT2D eigenvalue weighted by Gasteiger charge is 2.19. The number of benzene rings is 1. The first-order valence-corrected chi connectivity index (χ1v) is 8.56. The second kappa shape index (κ2) is 6.43. The van der Waals surface area contributed by atoms with Crippen LogP contribution in [0.4, 0.5) is 0 Å². The van der Waals surface area contributed by atoms with Crippen molar-refractivity contribution < 1.29 is 4.79 Å². The molecular formula is C16H12ClNOS2. The van der Waals surface area contributed by atoms with Crippen molar-refractivity contribution in [2.75, 3.05) is 0 Å². The van der Waals surface area contributed by atoms with Crippen LogP contribution in [-0.2, 0) is 0 Å². The molecule has 0 spiro atoms. The van der Waals surface area contributed by atoms with Crippen molar-refractivity contribution in [3.05, 3.63) is 79.6 Å². The first-order valence-electron chi connectivity index (χ1n) is 6.36. The lowest BCUT2D eigenvalue weighted by Gasteiger charge is -2.16. The van der Waals surface area contributed by atoms with Gasteiger partial charge in [-0.25, -0.2) is 0 Å². The number of hydrogen-bond donors (Lipinski definition) is 1. The Morgan fingerprint density at radius 2 is 2.05 bits per heavy atom. The number of nitrogens with one attached hydrogen (secondary N) is 1. The minimum absolute atomic E-state index is 0.122. The molecule has 2 nitrogen and oxygen atoms in total. The highest BCUT2D eigenvalue weighted by atomic mass is 35.5. The standard InChI is InChI=1S/C16H12ClNOS2/c17-13-4-1-3-11(9-13)16(19)18-15(12-6-8-20-10-12)14-5-2-7-21-14/h1-10,15H,(H,18,19)/t15-/m0/s1. The summed E-state index contributed by atoms with van der Waals surface area (Å²) in [5.41, 5.74) is 1.66. The zero-order valence-electron chi connectivity index (χ0n) is 11.0. The smallest absolute Gasteiger partial charge is 0.252 e. The van der Waals surface area contributed by atoms with Crippen molar-refractivity contribution in [2.24, 2.45) is 0 Å². The topological polar surface area (TPSA) is 29.1 Å². The third-order valence-corrected chi connectivity index (χ3v) is 4.94. The molecule has 106 valence electrons. The molecule has 0 aliphatic heterocycles. The van der Waals surface area contributed by atoms with E-state index in [0.717, 1.165) is 10.4 Å². The zero-order chi connectivity index (χ0) is 14.7. The van der Waals surface area contributed by atoms with Crippen molar-refractivity contribution in [2.45, 2.75) is 6.04 Å². The maximum Gasteiger partial charge on any atom is 0.252 e. The number of thiophene rings is 2. The van der Waals surface area contributed by atoms with Gasteiger partial charge >= 0.3 is 0 Å². The van der Waals surface area contributed by atoms with E-state index < -0.39 is 0 Å². The Kier molecular flexibility index (Phi) is 4.39. The highest BCUT2D eigenvalue weighted by Crippen LogP contribution is 2.28. The molecule has 0 saturated carbocycles. The van der Waals surface area contributed by atoms with Gasteiger partial charge in [0.2, 0.25) is 0 Å². The van der Waals surface area contributed by atoms with Crippen molar-refractivity contribution in [1.29, 1.82) is 0 Å². The highest BCUT2D eigenvalue weighted by molar-refractivity contribution is 7.10. The normalized spacial score (nSPS) is 12.0. The van der Waals surface area contributed by atoms with Gasteiger partial charge in [-0.3, -0.25) is 4.79 Å². The van der Waals surface area contributed by atoms with Gasteiger partial charge in [-0.15, -0.1) is 11.3 Å². The lowest BCUT2D eigenvalue weighted by molar-refractivity contribution is 0.0943. The van der Waals surface area contributed by atoms with Crippen LogP contribution in [0.1, 0.15) is 26.8 Å². The van der Waals surface area contributed by atoms with Crippen LogP contribution in [-0.4, -0.2) is 5.91 Å². The lowest BCUT2D eigenvalue weighted by atomic mass is 10.1. The minimum Gasteiger partial charge on any atom is -0.340 e. The maximum atomic E-state index is 12.4. The van der Waals surface area contributed by atoms with Crippen LogP contribution in [0.15, 0.2) is 58.6 Å². The van der Waals surface area contributed by atoms with Crippen LogP contribution in [0.5, 0.6) is 0 Å². The molecule has 1 atom stereocenters. The number of halogens is 1. The fraction of sp³-hybridized carbons (Fsp3) is 0.0625. The third-order valence-electron chi connectivity index (χ3n) is 3.07. The fourth-order valence-electron chi connectivity index (χ4n) is 2.06. The third kappa shape index (κ3) is 3.35. The molecule has 1 aromatic carbocycles. The lowest BCUT2D eigenvalue weighted by Crippen LogP contribution is -2.28. The average molecular weight is 334 g/mol. The molecule has 0 saturated heterocycles. The summed E-state index contributed by atoms with van der Waals surface area (Å²) < 4.78 is 0. The number of hydrogen-bond acceptors (Lipinski definition) is 3. The molecule has 1 N–H and O–H groups in total. The van der Waals surface area contributed by atoms with Crippen LogP contribution >= 0.6 is 34.3 Å². The van der Waals surface area contributed by atoms with E-state index >= 15 is 0 Å². The predicted octanol–water partition coefficient (Wildman–Crippen LogP) is 4.98. The average Bonchev–Trinajstić information content (AvgIpc) is 3.18. The van der Waals surface area contributed by atoms with E-state index in [0.29, 0.717) is 10.6 Å². The Labute approximate surface area is 136 Å². The number of amides is 1. The molecule has 2 heterocycles. The van der Waals surface area contributed by atoms with Crippen LogP contribution in [0.25, 0.3) is 0 Å². The maximum absolute atomic E-state index is 12.4. The summed E-state index contributed by atoms with van der Waals surface area (Å²) in [4.78, 5) is 13.6. The quantitative estimate of drug-likeness (QED) is 0.716. The van der Waals surface area contributed by atoms with Gasteiger partial charge in [-0.05, 0) is 52.0 Å². The number of rotatable bonds is 4. The van der Waals surface area contributed by atoms with E-state index in [1.807, 2.05) is 29.0 Å². The van der Waals surface area contributed by atoms with Crippen molar-refractivity contribution >= 4 is 40.2 Å². The molecule has 21 heavy (non-hydrogen) atoms. The Balaban J connectivity index is 1.87. The SMILES string of the molecule is O=C(N[C@@H](c1ccsc1)c1cccs1)c1cccc(Cl)c1. The predicted molar refractivity (Wildman–Crippen MR) is 89.4 cm³/mol. The zero-order valence-corrected chi connectivity index (χ0v) is 13.3. The van der Waals surface area contributed by atoms with Crippen LogP contribution in [0, 0.1) is 0 Å². The summed E-state index contributed by atoms with van der Waals surface area (Å²) in [7, 11) is 0. The van der Waals surface area contributed by atoms with Crippen molar-refractivity contribution in [1.82, 2.24) is 5.32 Å². The van der Waals surface area contributed by atoms with Gasteiger partial charge in [0.15, 0.2) is 0 Å². The number of carbonyl (C=O) groups is 1. The van der Waals surface area contributed by atoms with E-state index in [2.05, 4.69) is 10.7 Å². The van der Waals surface area contributed by atoms with E-state index in [1.54, 1.807) is 46.9 Å². The molecule has 1 amide bonds. The Bertz CT molecular complexity index is 688. The van der Waals surface area contributed by atoms with E-state index in [4.69, 9.17) is 11.6 Å². The van der Waals surface area contributed by atoms with Gasteiger partial charge in [0.05, 0.1) is 6.04 Å². The Morgan fingerprint density at radius 1 is 1.14 bits per heavy atom. The van der Waals surface area contributed by atoms with Crippen LogP contribution < -0.4 is 5.32 Å². The monoisotopic (exact) mass is 333 g/mol. The van der Waals surface area contributed by atoms with E-state index in [9.17, 15) is 4.79 Å². The van der Waals surface area contributed by atoms with Gasteiger partial charge in [-0.1, -0.05) is 23.7 Å². The van der Waals surface area contributed by atoms with Gasteiger partial charge in [0.25, 0.3) is 5.91 Å². The van der Waals surface area contributed by atoms with Gasteiger partial charge in [0, 0.05) is 15.5 Å². The summed E-state index contributed by atoms with van der Waals surface area (Å²) in [6.07, 6.45) is 0. The molecule has 5 heteroatoms. The van der Waals surface area contributed by atoms with Crippen LogP contribution in [0.2, 0.25) is 5.02 Å². The number of carbonyl (C=O) groups excluding carboxylic acids is 1. The first kappa shape index (κ1) is 14.3. The van der Waals surface area contributed by atoms with Gasteiger partial charge in [-0.2, -0.15) is 11.3 Å². The van der Waals surface area contributed by atoms with E-state index in [1.165, 1.54) is 0 Å². The van der Waals surface area contributed by atoms with Gasteiger partial charge < -0.3 is 5.32 Å². The second-order valence-electron chi connectivity index (χ2n) is 4.49. The van der Waals surface area contributed by atoms with E-state index in [-0.39, 0.29) is 11.9 Å². The van der Waals surface area contributed by atoms with Crippen LogP contribution in [0.3, 0.4) is 0 Å². The molecule has 2 aromatic heterocycles. The molecule has 0 fully saturated rings. The summed E-state index contributed by atoms with van der Waals surface area (Å²) in [5.74, 6) is -0.123. The molecule has 0 bridgehead atoms. The summed E-state index contributed by atoms with van der Waals surface area (Å²) in [5, 5.41) is 9.73. The molecule has 3 rings (SSSR count). The molecule has 0 radical (unpaired) electrons. The Morgan fingerprint density at radius 3 is 2.71 bits per heavy atom. The molecular weight excluding hydrogens is 322 g/mol. The molecule has 0 unspecified atom stereocenters. The minimum atomic E-state index is -0.123. The second-order valence-corrected chi connectivity index (χ2v) is 6.68. The summed E-state index contributed by atoms with van der Waals surface area (Å²) in [6, 6.07) is 12.9. The largest absolute Gasteiger partial charge is 0.340 e. The summed E-state index contributed by atoms with van der Waals surface area (Å²) in [6.45, 7) is 0. The van der Waals surface area contributed by atoms with Crippen molar-refractivity contribution in [3.8, 4) is 0 Å². The molecule has 0 aliphatic rings. The molecule has 3 aromatic rings. The first-order chi connectivity index (χ1) is 10.2. The van der Waals surface area contributed by atoms with Crippen molar-refractivity contribution in [3.63, 3.8) is 0 Å². The Hall–Kier alpha value is -1.62.